The van der Waals surface area contributed by atoms with Gasteiger partial charge in [-0.05, 0) is 19.3 Å². The first kappa shape index (κ1) is 20.4. The maximum atomic E-state index is 11.8. The molecule has 3 heteroatoms. The van der Waals surface area contributed by atoms with Crippen molar-refractivity contribution in [2.24, 2.45) is 0 Å². The third kappa shape index (κ3) is 14.1. The van der Waals surface area contributed by atoms with Crippen LogP contribution in [0.1, 0.15) is 91.4 Å². The summed E-state index contributed by atoms with van der Waals surface area (Å²) < 4.78 is 11.2. The molecule has 0 aliphatic carbocycles. The second-order valence-electron chi connectivity index (χ2n) is 5.83. The zero-order valence-electron chi connectivity index (χ0n) is 14.5. The van der Waals surface area contributed by atoms with E-state index in [1.54, 1.807) is 0 Å². The van der Waals surface area contributed by atoms with Crippen LogP contribution in [0, 0.1) is 0 Å². The standard InChI is InChI=1S/C18H36O3/c1-4-7-10-12-15-20-17(13-11-8-5-2)16-18(19)21-14-9-6-3/h17H,4-16H2,1-3H3. The van der Waals surface area contributed by atoms with E-state index in [2.05, 4.69) is 20.8 Å². The summed E-state index contributed by atoms with van der Waals surface area (Å²) in [4.78, 5) is 11.8. The highest BCUT2D eigenvalue weighted by Gasteiger charge is 2.15. The van der Waals surface area contributed by atoms with Gasteiger partial charge in [-0.2, -0.15) is 0 Å². The minimum Gasteiger partial charge on any atom is -0.466 e. The summed E-state index contributed by atoms with van der Waals surface area (Å²) in [7, 11) is 0. The Morgan fingerprint density at radius 3 is 2.14 bits per heavy atom. The van der Waals surface area contributed by atoms with Crippen molar-refractivity contribution in [3.8, 4) is 0 Å². The minimum atomic E-state index is -0.0986. The van der Waals surface area contributed by atoms with Crippen LogP contribution in [-0.4, -0.2) is 25.3 Å². The molecule has 0 N–H and O–H groups in total. The summed E-state index contributed by atoms with van der Waals surface area (Å²) in [5.41, 5.74) is 0. The van der Waals surface area contributed by atoms with E-state index in [0.717, 1.165) is 38.7 Å². The van der Waals surface area contributed by atoms with Crippen molar-refractivity contribution >= 4 is 5.97 Å². The molecule has 0 saturated carbocycles. The van der Waals surface area contributed by atoms with E-state index >= 15 is 0 Å². The third-order valence-corrected chi connectivity index (χ3v) is 3.64. The molecule has 21 heavy (non-hydrogen) atoms. The first-order chi connectivity index (χ1) is 10.2. The monoisotopic (exact) mass is 300 g/mol. The molecule has 0 aromatic rings. The van der Waals surface area contributed by atoms with Crippen molar-refractivity contribution in [3.63, 3.8) is 0 Å². The van der Waals surface area contributed by atoms with E-state index in [0.29, 0.717) is 13.0 Å². The van der Waals surface area contributed by atoms with Gasteiger partial charge in [0.05, 0.1) is 19.1 Å². The van der Waals surface area contributed by atoms with Gasteiger partial charge < -0.3 is 9.47 Å². The number of unbranched alkanes of at least 4 members (excludes halogenated alkanes) is 6. The molecule has 0 aliphatic heterocycles. The molecule has 0 spiro atoms. The summed E-state index contributed by atoms with van der Waals surface area (Å²) in [6, 6.07) is 0. The molecular formula is C18H36O3. The number of carbonyl (C=O) groups is 1. The highest BCUT2D eigenvalue weighted by molar-refractivity contribution is 5.69. The highest BCUT2D eigenvalue weighted by Crippen LogP contribution is 2.13. The Bertz CT molecular complexity index is 229. The first-order valence-corrected chi connectivity index (χ1v) is 9.01. The number of hydrogen-bond donors (Lipinski definition) is 0. The topological polar surface area (TPSA) is 35.5 Å². The quantitative estimate of drug-likeness (QED) is 0.305. The molecule has 126 valence electrons. The largest absolute Gasteiger partial charge is 0.466 e. The zero-order valence-corrected chi connectivity index (χ0v) is 14.5. The Balaban J connectivity index is 3.91. The minimum absolute atomic E-state index is 0.0484. The van der Waals surface area contributed by atoms with Gasteiger partial charge in [-0.25, -0.2) is 0 Å². The van der Waals surface area contributed by atoms with Crippen LogP contribution in [0.2, 0.25) is 0 Å². The lowest BCUT2D eigenvalue weighted by atomic mass is 10.1. The number of rotatable bonds is 15. The van der Waals surface area contributed by atoms with Crippen molar-refractivity contribution in [1.29, 1.82) is 0 Å². The molecule has 0 heterocycles. The van der Waals surface area contributed by atoms with Gasteiger partial charge in [0.1, 0.15) is 0 Å². The van der Waals surface area contributed by atoms with E-state index < -0.39 is 0 Å². The molecule has 0 aliphatic rings. The molecule has 0 radical (unpaired) electrons. The Morgan fingerprint density at radius 1 is 0.810 bits per heavy atom. The molecule has 0 bridgehead atoms. The lowest BCUT2D eigenvalue weighted by molar-refractivity contribution is -0.147. The van der Waals surface area contributed by atoms with Crippen LogP contribution >= 0.6 is 0 Å². The predicted octanol–water partition coefficient (Wildman–Crippen LogP) is 5.27. The van der Waals surface area contributed by atoms with Crippen LogP contribution in [0.4, 0.5) is 0 Å². The van der Waals surface area contributed by atoms with Crippen molar-refractivity contribution in [2.45, 2.75) is 97.5 Å². The second-order valence-corrected chi connectivity index (χ2v) is 5.83. The van der Waals surface area contributed by atoms with Crippen molar-refractivity contribution in [3.05, 3.63) is 0 Å². The summed E-state index contributed by atoms with van der Waals surface area (Å²) in [5.74, 6) is -0.0986. The Morgan fingerprint density at radius 2 is 1.48 bits per heavy atom. The molecule has 3 nitrogen and oxygen atoms in total. The molecule has 1 unspecified atom stereocenters. The van der Waals surface area contributed by atoms with Crippen LogP contribution in [0.5, 0.6) is 0 Å². The molecule has 0 saturated heterocycles. The zero-order chi connectivity index (χ0) is 15.8. The lowest BCUT2D eigenvalue weighted by Crippen LogP contribution is -2.20. The van der Waals surface area contributed by atoms with E-state index in [1.807, 2.05) is 0 Å². The van der Waals surface area contributed by atoms with Gasteiger partial charge in [0.25, 0.3) is 0 Å². The molecule has 0 rings (SSSR count). The fourth-order valence-electron chi connectivity index (χ4n) is 2.22. The summed E-state index contributed by atoms with van der Waals surface area (Å²) >= 11 is 0. The molecule has 1 atom stereocenters. The van der Waals surface area contributed by atoms with Gasteiger partial charge in [0.15, 0.2) is 0 Å². The maximum Gasteiger partial charge on any atom is 0.308 e. The van der Waals surface area contributed by atoms with Gasteiger partial charge in [0, 0.05) is 6.61 Å². The van der Waals surface area contributed by atoms with E-state index in [9.17, 15) is 4.79 Å². The van der Waals surface area contributed by atoms with E-state index in [4.69, 9.17) is 9.47 Å². The highest BCUT2D eigenvalue weighted by atomic mass is 16.5. The normalized spacial score (nSPS) is 12.3. The van der Waals surface area contributed by atoms with Crippen molar-refractivity contribution < 1.29 is 14.3 Å². The average Bonchev–Trinajstić information content (AvgIpc) is 2.47. The predicted molar refractivity (Wildman–Crippen MR) is 88.5 cm³/mol. The fourth-order valence-corrected chi connectivity index (χ4v) is 2.22. The molecule has 0 amide bonds. The number of ether oxygens (including phenoxy) is 2. The fraction of sp³-hybridized carbons (Fsp3) is 0.944. The van der Waals surface area contributed by atoms with Crippen LogP contribution in [0.3, 0.4) is 0 Å². The Kier molecular flexibility index (Phi) is 15.4. The van der Waals surface area contributed by atoms with Crippen LogP contribution in [-0.2, 0) is 14.3 Å². The van der Waals surface area contributed by atoms with Gasteiger partial charge >= 0.3 is 5.97 Å². The molecule has 0 fully saturated rings. The first-order valence-electron chi connectivity index (χ1n) is 9.01. The van der Waals surface area contributed by atoms with E-state index in [1.165, 1.54) is 32.1 Å². The molecular weight excluding hydrogens is 264 g/mol. The Hall–Kier alpha value is -0.570. The van der Waals surface area contributed by atoms with E-state index in [-0.39, 0.29) is 12.1 Å². The van der Waals surface area contributed by atoms with Crippen LogP contribution in [0.25, 0.3) is 0 Å². The molecule has 0 aromatic carbocycles. The van der Waals surface area contributed by atoms with Gasteiger partial charge in [-0.3, -0.25) is 4.79 Å². The summed E-state index contributed by atoms with van der Waals surface area (Å²) in [5, 5.41) is 0. The lowest BCUT2D eigenvalue weighted by Gasteiger charge is -2.17. The number of hydrogen-bond acceptors (Lipinski definition) is 3. The summed E-state index contributed by atoms with van der Waals surface area (Å²) in [6.45, 7) is 7.83. The van der Waals surface area contributed by atoms with Crippen LogP contribution in [0.15, 0.2) is 0 Å². The average molecular weight is 300 g/mol. The second kappa shape index (κ2) is 15.8. The number of carbonyl (C=O) groups excluding carboxylic acids is 1. The maximum absolute atomic E-state index is 11.8. The SMILES string of the molecule is CCCCCCOC(CCCCC)CC(=O)OCCCC. The van der Waals surface area contributed by atoms with Gasteiger partial charge in [-0.15, -0.1) is 0 Å². The van der Waals surface area contributed by atoms with Crippen LogP contribution < -0.4 is 0 Å². The van der Waals surface area contributed by atoms with Crippen molar-refractivity contribution in [1.82, 2.24) is 0 Å². The van der Waals surface area contributed by atoms with Crippen molar-refractivity contribution in [2.75, 3.05) is 13.2 Å². The Labute approximate surface area is 131 Å². The number of esters is 1. The molecule has 0 aromatic heterocycles. The smallest absolute Gasteiger partial charge is 0.308 e. The third-order valence-electron chi connectivity index (χ3n) is 3.64. The summed E-state index contributed by atoms with van der Waals surface area (Å²) in [6.07, 6.45) is 11.8. The van der Waals surface area contributed by atoms with Gasteiger partial charge in [-0.1, -0.05) is 65.7 Å². The van der Waals surface area contributed by atoms with Gasteiger partial charge in [0.2, 0.25) is 0 Å².